The summed E-state index contributed by atoms with van der Waals surface area (Å²) in [5.41, 5.74) is 0.933. The van der Waals surface area contributed by atoms with Crippen LogP contribution in [0.25, 0.3) is 11.5 Å². The van der Waals surface area contributed by atoms with Crippen LogP contribution in [0, 0.1) is 5.82 Å². The van der Waals surface area contributed by atoms with E-state index in [1.165, 1.54) is 30.7 Å². The summed E-state index contributed by atoms with van der Waals surface area (Å²) >= 11 is 0. The second-order valence-corrected chi connectivity index (χ2v) is 6.42. The van der Waals surface area contributed by atoms with Gasteiger partial charge < -0.3 is 9.42 Å². The molecule has 1 saturated heterocycles. The van der Waals surface area contributed by atoms with Crippen molar-refractivity contribution in [1.82, 2.24) is 25.0 Å². The molecule has 3 aromatic rings. The number of benzene rings is 1. The predicted molar refractivity (Wildman–Crippen MR) is 94.0 cm³/mol. The number of rotatable bonds is 3. The number of hydrogen-bond donors (Lipinski definition) is 0. The smallest absolute Gasteiger partial charge is 0.274 e. The third kappa shape index (κ3) is 3.69. The van der Waals surface area contributed by atoms with Crippen LogP contribution in [-0.2, 0) is 0 Å². The number of amides is 1. The Morgan fingerprint density at radius 2 is 2.00 bits per heavy atom. The van der Waals surface area contributed by atoms with E-state index >= 15 is 0 Å². The van der Waals surface area contributed by atoms with Gasteiger partial charge in [0.05, 0.1) is 12.2 Å². The molecule has 0 unspecified atom stereocenters. The van der Waals surface area contributed by atoms with Crippen molar-refractivity contribution in [3.63, 3.8) is 0 Å². The Kier molecular flexibility index (Phi) is 4.86. The standard InChI is InChI=1S/C19H18FN5O2/c20-14-7-5-13(6-8-14)18-23-17(24-27-18)16-4-2-1-3-11-25(16)19(26)15-12-21-9-10-22-15/h5-10,12,16H,1-4,11H2/t16-/m1/s1. The van der Waals surface area contributed by atoms with Gasteiger partial charge in [0.2, 0.25) is 0 Å². The summed E-state index contributed by atoms with van der Waals surface area (Å²) in [5, 5.41) is 4.10. The number of hydrogen-bond acceptors (Lipinski definition) is 6. The van der Waals surface area contributed by atoms with E-state index in [-0.39, 0.29) is 17.8 Å². The topological polar surface area (TPSA) is 85.0 Å². The molecule has 0 bridgehead atoms. The van der Waals surface area contributed by atoms with Crippen LogP contribution in [0.2, 0.25) is 0 Å². The zero-order valence-corrected chi connectivity index (χ0v) is 14.6. The van der Waals surface area contributed by atoms with E-state index < -0.39 is 0 Å². The predicted octanol–water partition coefficient (Wildman–Crippen LogP) is 3.42. The summed E-state index contributed by atoms with van der Waals surface area (Å²) in [4.78, 5) is 27.3. The van der Waals surface area contributed by atoms with Crippen molar-refractivity contribution in [3.8, 4) is 11.5 Å². The molecule has 138 valence electrons. The van der Waals surface area contributed by atoms with Gasteiger partial charge in [0.25, 0.3) is 11.8 Å². The van der Waals surface area contributed by atoms with Gasteiger partial charge in [0.15, 0.2) is 5.82 Å². The summed E-state index contributed by atoms with van der Waals surface area (Å²) in [5.74, 6) is 0.237. The summed E-state index contributed by atoms with van der Waals surface area (Å²) in [6.07, 6.45) is 8.15. The molecule has 0 N–H and O–H groups in total. The first-order valence-corrected chi connectivity index (χ1v) is 8.89. The molecule has 1 aromatic carbocycles. The number of carbonyl (C=O) groups excluding carboxylic acids is 1. The van der Waals surface area contributed by atoms with Gasteiger partial charge in [-0.25, -0.2) is 9.37 Å². The molecule has 1 aliphatic heterocycles. The molecule has 1 fully saturated rings. The minimum Gasteiger partial charge on any atom is -0.334 e. The summed E-state index contributed by atoms with van der Waals surface area (Å²) in [6, 6.07) is 5.56. The zero-order valence-electron chi connectivity index (χ0n) is 14.6. The van der Waals surface area contributed by atoms with Crippen LogP contribution < -0.4 is 0 Å². The second-order valence-electron chi connectivity index (χ2n) is 6.42. The lowest BCUT2D eigenvalue weighted by molar-refractivity contribution is 0.0664. The molecular weight excluding hydrogens is 349 g/mol. The highest BCUT2D eigenvalue weighted by atomic mass is 19.1. The van der Waals surface area contributed by atoms with Crippen molar-refractivity contribution in [3.05, 3.63) is 60.2 Å². The molecule has 27 heavy (non-hydrogen) atoms. The second kappa shape index (κ2) is 7.61. The van der Waals surface area contributed by atoms with Crippen LogP contribution in [-0.4, -0.2) is 37.5 Å². The van der Waals surface area contributed by atoms with Crippen molar-refractivity contribution < 1.29 is 13.7 Å². The van der Waals surface area contributed by atoms with Crippen LogP contribution in [0.1, 0.15) is 48.0 Å². The van der Waals surface area contributed by atoms with Gasteiger partial charge in [-0.1, -0.05) is 18.0 Å². The fourth-order valence-corrected chi connectivity index (χ4v) is 3.26. The first-order chi connectivity index (χ1) is 13.2. The van der Waals surface area contributed by atoms with E-state index in [2.05, 4.69) is 20.1 Å². The van der Waals surface area contributed by atoms with Gasteiger partial charge in [0, 0.05) is 24.5 Å². The Morgan fingerprint density at radius 3 is 2.78 bits per heavy atom. The van der Waals surface area contributed by atoms with E-state index in [0.717, 1.165) is 25.7 Å². The van der Waals surface area contributed by atoms with Crippen LogP contribution in [0.3, 0.4) is 0 Å². The minimum atomic E-state index is -0.331. The molecular formula is C19H18FN5O2. The normalized spacial score (nSPS) is 17.5. The van der Waals surface area contributed by atoms with Crippen molar-refractivity contribution in [1.29, 1.82) is 0 Å². The Bertz CT molecular complexity index is 913. The monoisotopic (exact) mass is 367 g/mol. The Morgan fingerprint density at radius 1 is 1.15 bits per heavy atom. The minimum absolute atomic E-state index is 0.192. The SMILES string of the molecule is O=C(c1cnccn1)N1CCCCC[C@@H]1c1noc(-c2ccc(F)cc2)n1. The third-order valence-electron chi connectivity index (χ3n) is 4.63. The lowest BCUT2D eigenvalue weighted by atomic mass is 10.1. The molecule has 0 spiro atoms. The maximum atomic E-state index is 13.1. The van der Waals surface area contributed by atoms with E-state index in [0.29, 0.717) is 29.5 Å². The zero-order chi connectivity index (χ0) is 18.6. The number of nitrogens with zero attached hydrogens (tertiary/aromatic N) is 5. The first-order valence-electron chi connectivity index (χ1n) is 8.89. The lowest BCUT2D eigenvalue weighted by Crippen LogP contribution is -2.35. The fourth-order valence-electron chi connectivity index (χ4n) is 3.26. The van der Waals surface area contributed by atoms with Gasteiger partial charge in [0.1, 0.15) is 11.5 Å². The maximum absolute atomic E-state index is 13.1. The van der Waals surface area contributed by atoms with Gasteiger partial charge in [-0.15, -0.1) is 0 Å². The van der Waals surface area contributed by atoms with E-state index in [1.54, 1.807) is 17.0 Å². The molecule has 2 aromatic heterocycles. The molecule has 0 radical (unpaired) electrons. The van der Waals surface area contributed by atoms with E-state index in [1.807, 2.05) is 0 Å². The Labute approximate surface area is 155 Å². The van der Waals surface area contributed by atoms with Crippen LogP contribution >= 0.6 is 0 Å². The largest absolute Gasteiger partial charge is 0.334 e. The average molecular weight is 367 g/mol. The highest BCUT2D eigenvalue weighted by Gasteiger charge is 2.31. The third-order valence-corrected chi connectivity index (χ3v) is 4.63. The summed E-state index contributed by atoms with van der Waals surface area (Å²) < 4.78 is 18.5. The molecule has 1 atom stereocenters. The molecule has 3 heterocycles. The van der Waals surface area contributed by atoms with Crippen molar-refractivity contribution in [2.24, 2.45) is 0 Å². The highest BCUT2D eigenvalue weighted by Crippen LogP contribution is 2.31. The van der Waals surface area contributed by atoms with E-state index in [9.17, 15) is 9.18 Å². The Balaban J connectivity index is 1.63. The van der Waals surface area contributed by atoms with Gasteiger partial charge in [-0.2, -0.15) is 4.98 Å². The number of likely N-dealkylation sites (tertiary alicyclic amines) is 1. The number of aromatic nitrogens is 4. The fraction of sp³-hybridized carbons (Fsp3) is 0.316. The average Bonchev–Trinajstić information content (AvgIpc) is 3.06. The Hall–Kier alpha value is -3.16. The van der Waals surface area contributed by atoms with Crippen molar-refractivity contribution in [2.75, 3.05) is 6.54 Å². The van der Waals surface area contributed by atoms with Gasteiger partial charge >= 0.3 is 0 Å². The van der Waals surface area contributed by atoms with E-state index in [4.69, 9.17) is 4.52 Å². The van der Waals surface area contributed by atoms with Gasteiger partial charge in [-0.3, -0.25) is 9.78 Å². The molecule has 1 aliphatic rings. The van der Waals surface area contributed by atoms with Gasteiger partial charge in [-0.05, 0) is 37.1 Å². The van der Waals surface area contributed by atoms with Crippen molar-refractivity contribution in [2.45, 2.75) is 31.7 Å². The molecule has 8 heteroatoms. The molecule has 0 aliphatic carbocycles. The molecule has 4 rings (SSSR count). The molecule has 0 saturated carbocycles. The summed E-state index contributed by atoms with van der Waals surface area (Å²) in [7, 11) is 0. The number of halogens is 1. The highest BCUT2D eigenvalue weighted by molar-refractivity contribution is 5.92. The molecule has 1 amide bonds. The quantitative estimate of drug-likeness (QED) is 0.705. The summed E-state index contributed by atoms with van der Waals surface area (Å²) in [6.45, 7) is 0.598. The van der Waals surface area contributed by atoms with Crippen LogP contribution in [0.15, 0.2) is 47.4 Å². The lowest BCUT2D eigenvalue weighted by Gasteiger charge is -2.27. The van der Waals surface area contributed by atoms with Crippen LogP contribution in [0.5, 0.6) is 0 Å². The maximum Gasteiger partial charge on any atom is 0.274 e. The number of carbonyl (C=O) groups is 1. The first kappa shape index (κ1) is 17.3. The van der Waals surface area contributed by atoms with Crippen molar-refractivity contribution >= 4 is 5.91 Å². The molecule has 7 nitrogen and oxygen atoms in total. The van der Waals surface area contributed by atoms with Crippen LogP contribution in [0.4, 0.5) is 4.39 Å².